The van der Waals surface area contributed by atoms with E-state index in [-0.39, 0.29) is 88.7 Å². The van der Waals surface area contributed by atoms with Crippen LogP contribution >= 0.6 is 0 Å². The zero-order chi connectivity index (χ0) is 84.0. The normalized spacial score (nSPS) is 11.8. The third kappa shape index (κ3) is 27.9. The van der Waals surface area contributed by atoms with Crippen LogP contribution in [-0.4, -0.2) is 173 Å². The Morgan fingerprint density at radius 1 is 0.328 bits per heavy atom. The van der Waals surface area contributed by atoms with E-state index in [2.05, 4.69) is 15.0 Å². The van der Waals surface area contributed by atoms with Crippen molar-refractivity contribution in [1.82, 2.24) is 15.0 Å². The van der Waals surface area contributed by atoms with Gasteiger partial charge in [0.05, 0.1) is 63.2 Å². The Kier molecular flexibility index (Phi) is 38.7. The number of hydrogen-bond donors (Lipinski definition) is 4. The maximum absolute atomic E-state index is 10.9. The molecule has 6 aliphatic heterocycles. The summed E-state index contributed by atoms with van der Waals surface area (Å²) in [5.41, 5.74) is 3.61. The molecule has 0 saturated carbocycles. The zero-order valence-corrected chi connectivity index (χ0v) is 68.6. The molecule has 0 radical (unpaired) electrons. The molecule has 32 heteroatoms. The van der Waals surface area contributed by atoms with Gasteiger partial charge in [-0.2, -0.15) is 0 Å². The number of hydrogen-bond acceptors (Lipinski definition) is 31. The minimum absolute atomic E-state index is 0. The Balaban J connectivity index is 0.000000205. The molecule has 0 unspecified atom stereocenters. The van der Waals surface area contributed by atoms with E-state index in [4.69, 9.17) is 95.8 Å². The fourth-order valence-electron chi connectivity index (χ4n) is 10.5. The van der Waals surface area contributed by atoms with Gasteiger partial charge in [0, 0.05) is 65.1 Å². The van der Waals surface area contributed by atoms with E-state index >= 15 is 0 Å². The third-order valence-electron chi connectivity index (χ3n) is 15.7. The molecule has 0 fully saturated rings. The van der Waals surface area contributed by atoms with E-state index in [0.717, 1.165) is 62.5 Å². The molecular formula is C87H86N3NaO28. The van der Waals surface area contributed by atoms with E-state index in [1.807, 2.05) is 78.9 Å². The Hall–Kier alpha value is -14.0. The molecule has 119 heavy (non-hydrogen) atoms. The number of aldehydes is 4. The van der Waals surface area contributed by atoms with Crippen LogP contribution in [0.1, 0.15) is 69.1 Å². The average molecular weight is 1640 g/mol. The van der Waals surface area contributed by atoms with Gasteiger partial charge in [0.1, 0.15) is 114 Å². The standard InChI is InChI=1S/C11H9NO2.C10H7NO2.C10H10O4.C9H7NO.C9H8O4.C9H10O3.2C8H8O3.C7H6O3.2C3H6O.Na.H2O/c1-14-10-5-4-8-3-2-6-12-11(8)9(10)7-13;12-6-8-9(13)4-3-7-2-1-5-11-10(7)8;1-12-8-2-3-9-10(7(8)6-11)14-5-4-13-9;11-8-4-3-7-2-1-5-10-9(7)6-8;1-11-7-2-3-8-9(6(7)4-10)13-5-12-8;1-10-7-2-3-8-9(6-7)12-5-4-11-8;1-9-6-2-3-7-8(4-6)11-5-10-7;9-6-1-2-7-8(5-6)11-4-3-10-7;8-5-1-2-6-7(3-5)10-4-9-6;2*1-3(2)4;;/h2-7H,1H3;1-6,13H;2-3,6H,4-5H2,1H3;1-6,11H;2-4H,5H2,1H3;2-3,6H,4-5H2,1H3;2-4H,5H2,1H3;1-2,5,9H,3-4H2;1-3,8H,4H2;2*1-2H3;;1H2/q;;;;;;;;;;;+1;/p-1. The Morgan fingerprint density at radius 2 is 0.647 bits per heavy atom. The number of fused-ring (bicyclic) bond motifs is 9. The average Bonchev–Trinajstić information content (AvgIpc) is 1.80. The van der Waals surface area contributed by atoms with Gasteiger partial charge in [-0.15, -0.1) is 0 Å². The number of nitrogens with zero attached hydrogens (tertiary/aromatic N) is 3. The van der Waals surface area contributed by atoms with E-state index < -0.39 is 0 Å². The van der Waals surface area contributed by atoms with E-state index in [1.54, 1.807) is 118 Å². The van der Waals surface area contributed by atoms with Gasteiger partial charge >= 0.3 is 29.6 Å². The third-order valence-corrected chi connectivity index (χ3v) is 15.7. The molecule has 0 atom stereocenters. The number of carbonyl (C=O) groups excluding carboxylic acids is 6. The first-order valence-electron chi connectivity index (χ1n) is 35.5. The second-order valence-electron chi connectivity index (χ2n) is 24.2. The van der Waals surface area contributed by atoms with Crippen molar-refractivity contribution in [2.24, 2.45) is 0 Å². The number of Topliss-reactive ketones (excluding diaryl/α,β-unsaturated/α-hetero) is 2. The molecule has 0 spiro atoms. The van der Waals surface area contributed by atoms with Crippen LogP contribution in [0.2, 0.25) is 0 Å². The van der Waals surface area contributed by atoms with Crippen LogP contribution in [-0.2, 0) is 9.59 Å². The first-order chi connectivity index (χ1) is 56.8. The number of phenolic OH excluding ortho intramolecular Hbond substituents is 4. The predicted octanol–water partition coefficient (Wildman–Crippen LogP) is 11.5. The minimum atomic E-state index is -0.0267. The predicted molar refractivity (Wildman–Crippen MR) is 431 cm³/mol. The fourth-order valence-corrected chi connectivity index (χ4v) is 10.5. The van der Waals surface area contributed by atoms with Crippen molar-refractivity contribution in [2.45, 2.75) is 27.7 Å². The summed E-state index contributed by atoms with van der Waals surface area (Å²) in [5, 5.41) is 39.3. The van der Waals surface area contributed by atoms with Crippen LogP contribution in [0.15, 0.2) is 195 Å². The molecule has 9 heterocycles. The Bertz CT molecular complexity index is 5320. The number of pyridine rings is 3. The number of aromatic hydroxyl groups is 4. The van der Waals surface area contributed by atoms with Gasteiger partial charge < -0.3 is 116 Å². The van der Waals surface area contributed by atoms with Crippen LogP contribution in [0.3, 0.4) is 0 Å². The van der Waals surface area contributed by atoms with Crippen LogP contribution in [0.25, 0.3) is 32.7 Å². The molecule has 0 saturated heterocycles. The molecule has 31 nitrogen and oxygen atoms in total. The minimum Gasteiger partial charge on any atom is -0.870 e. The number of benzene rings is 9. The van der Waals surface area contributed by atoms with Gasteiger partial charge in [-0.1, -0.05) is 18.2 Å². The van der Waals surface area contributed by atoms with Crippen molar-refractivity contribution < 1.29 is 165 Å². The molecule has 618 valence electrons. The molecular weight excluding hydrogens is 1560 g/mol. The number of phenols is 4. The summed E-state index contributed by atoms with van der Waals surface area (Å²) in [4.78, 5) is 74.2. The fraction of sp³-hybridized carbons (Fsp3) is 0.207. The van der Waals surface area contributed by atoms with Crippen molar-refractivity contribution in [3.8, 4) is 121 Å². The largest absolute Gasteiger partial charge is 1.00 e. The van der Waals surface area contributed by atoms with Gasteiger partial charge in [-0.3, -0.25) is 34.1 Å². The van der Waals surface area contributed by atoms with Crippen LogP contribution in [0, 0.1) is 0 Å². The summed E-state index contributed by atoms with van der Waals surface area (Å²) < 4.78 is 87.5. The quantitative estimate of drug-likeness (QED) is 0.0770. The van der Waals surface area contributed by atoms with Crippen LogP contribution in [0.4, 0.5) is 0 Å². The molecule has 18 rings (SSSR count). The van der Waals surface area contributed by atoms with E-state index in [9.17, 15) is 33.9 Å². The smallest absolute Gasteiger partial charge is 0.870 e. The van der Waals surface area contributed by atoms with Crippen molar-refractivity contribution in [3.63, 3.8) is 0 Å². The summed E-state index contributed by atoms with van der Waals surface area (Å²) in [6.45, 7) is 10.2. The van der Waals surface area contributed by atoms with Crippen LogP contribution in [0.5, 0.6) is 121 Å². The molecule has 12 aromatic rings. The van der Waals surface area contributed by atoms with Gasteiger partial charge in [0.2, 0.25) is 20.4 Å². The first kappa shape index (κ1) is 93.8. The number of rotatable bonds is 9. The van der Waals surface area contributed by atoms with Gasteiger partial charge in [0.15, 0.2) is 94.1 Å². The van der Waals surface area contributed by atoms with E-state index in [1.165, 1.54) is 61.2 Å². The number of methoxy groups -OCH3 is 5. The monoisotopic (exact) mass is 1640 g/mol. The maximum atomic E-state index is 10.9. The van der Waals surface area contributed by atoms with E-state index in [0.29, 0.717) is 156 Å². The SMILES string of the molecule is CC(C)=O.CC(C)=O.COc1ccc2c(c1)OCCO2.COc1ccc2c(c1)OCO2.COc1ccc2c(c1C=O)OCCO2.COc1ccc2c(c1C=O)OCO2.COc1ccc2cccnc2c1C=O.O=Cc1c(O)ccc2cccnc12.Oc1ccc2c(c1)OCCO2.Oc1ccc2c(c1)OCO2.Oc1ccc2cccnc2c1.[Na+].[OH-]. The Morgan fingerprint density at radius 3 is 1.13 bits per heavy atom. The number of carbonyl (C=O) groups is 6. The molecule has 0 aliphatic carbocycles. The molecule has 9 aromatic carbocycles. The molecule has 6 aliphatic rings. The number of ether oxygens (including phenoxy) is 17. The molecule has 0 bridgehead atoms. The number of aromatic nitrogens is 3. The topological polar surface area (TPSA) is 409 Å². The van der Waals surface area contributed by atoms with Crippen molar-refractivity contribution in [2.75, 3.05) is 95.6 Å². The summed E-state index contributed by atoms with van der Waals surface area (Å²) >= 11 is 0. The van der Waals surface area contributed by atoms with Gasteiger partial charge in [-0.25, -0.2) is 0 Å². The van der Waals surface area contributed by atoms with Crippen molar-refractivity contribution >= 4 is 69.4 Å². The summed E-state index contributed by atoms with van der Waals surface area (Å²) in [5.74, 6) is 12.0. The maximum Gasteiger partial charge on any atom is 1.00 e. The van der Waals surface area contributed by atoms with Crippen molar-refractivity contribution in [3.05, 3.63) is 217 Å². The summed E-state index contributed by atoms with van der Waals surface area (Å²) in [6, 6.07) is 50.7. The number of ketones is 2. The zero-order valence-electron chi connectivity index (χ0n) is 66.6. The molecule has 0 amide bonds. The Labute approximate surface area is 705 Å². The summed E-state index contributed by atoms with van der Waals surface area (Å²) in [7, 11) is 7.81. The molecule has 5 N–H and O–H groups in total. The second-order valence-corrected chi connectivity index (χ2v) is 24.2. The first-order valence-corrected chi connectivity index (χ1v) is 35.5. The van der Waals surface area contributed by atoms with Gasteiger partial charge in [0.25, 0.3) is 0 Å². The summed E-state index contributed by atoms with van der Waals surface area (Å²) in [6.07, 6.45) is 7.77. The van der Waals surface area contributed by atoms with Crippen LogP contribution < -0.4 is 110 Å². The van der Waals surface area contributed by atoms with Crippen molar-refractivity contribution in [1.29, 1.82) is 0 Å². The molecule has 3 aromatic heterocycles. The van der Waals surface area contributed by atoms with Gasteiger partial charge in [-0.05, 0) is 155 Å². The second kappa shape index (κ2) is 49.0.